The predicted molar refractivity (Wildman–Crippen MR) is 385 cm³/mol. The maximum atomic E-state index is 13.8. The summed E-state index contributed by atoms with van der Waals surface area (Å²) in [6.07, 6.45) is 7.50. The summed E-state index contributed by atoms with van der Waals surface area (Å²) >= 11 is 19.3. The highest BCUT2D eigenvalue weighted by Crippen LogP contribution is 2.43. The molecular formula is C65H69Cl3F3N15O10S4. The number of rotatable bonds is 16. The van der Waals surface area contributed by atoms with Crippen molar-refractivity contribution in [3.8, 4) is 5.88 Å². The molecule has 0 radical (unpaired) electrons. The van der Waals surface area contributed by atoms with Crippen molar-refractivity contribution in [2.45, 2.75) is 71.3 Å². The molecule has 0 aliphatic carbocycles. The molecule has 0 saturated carbocycles. The number of benzene rings is 6. The molecular weight excluding hydrogens is 1440 g/mol. The Kier molecular flexibility index (Phi) is 19.5. The molecule has 3 aromatic heterocycles. The van der Waals surface area contributed by atoms with E-state index in [9.17, 15) is 52.8 Å². The minimum atomic E-state index is -3.90. The van der Waals surface area contributed by atoms with Gasteiger partial charge in [-0.05, 0) is 177 Å². The second kappa shape index (κ2) is 28.3. The lowest BCUT2D eigenvalue weighted by molar-refractivity contribution is -0.119. The van der Waals surface area contributed by atoms with Gasteiger partial charge in [0.2, 0.25) is 28.7 Å². The van der Waals surface area contributed by atoms with Crippen LogP contribution in [0.5, 0.6) is 5.88 Å². The molecule has 100 heavy (non-hydrogen) atoms. The zero-order valence-corrected chi connectivity index (χ0v) is 58.0. The van der Waals surface area contributed by atoms with Gasteiger partial charge in [-0.15, -0.1) is 10.2 Å². The largest absolute Gasteiger partial charge is 0.480 e. The van der Waals surface area contributed by atoms with Crippen molar-refractivity contribution >= 4 is 145 Å². The van der Waals surface area contributed by atoms with Gasteiger partial charge < -0.3 is 34.1 Å². The molecule has 0 bridgehead atoms. The number of nitrogens with one attached hydrogen (secondary N) is 3. The molecule has 9 aromatic rings. The zero-order valence-electron chi connectivity index (χ0n) is 52.4. The average Bonchev–Trinajstić information content (AvgIpc) is 1.63. The summed E-state index contributed by atoms with van der Waals surface area (Å²) in [6.45, 7) is 3.25. The van der Waals surface area contributed by atoms with Crippen molar-refractivity contribution in [1.29, 1.82) is 0 Å². The maximum Gasteiger partial charge on any atom is 0.263 e. The topological polar surface area (TPSA) is 296 Å². The lowest BCUT2D eigenvalue weighted by atomic mass is 10.1. The van der Waals surface area contributed by atoms with Gasteiger partial charge in [0, 0.05) is 106 Å². The number of halogens is 6. The second-order valence-electron chi connectivity index (χ2n) is 23.4. The van der Waals surface area contributed by atoms with Crippen LogP contribution in [0.4, 0.5) is 64.1 Å². The van der Waals surface area contributed by atoms with Gasteiger partial charge in [0.25, 0.3) is 30.1 Å². The number of ether oxygens (including phenoxy) is 1. The molecule has 6 aromatic carbocycles. The normalized spacial score (nSPS) is 17.9. The Labute approximate surface area is 599 Å². The summed E-state index contributed by atoms with van der Waals surface area (Å²) in [5.74, 6) is -1.16. The molecule has 0 unspecified atom stereocenters. The lowest BCUT2D eigenvalue weighted by Gasteiger charge is -2.26. The molecule has 6 aliphatic heterocycles. The van der Waals surface area contributed by atoms with Crippen molar-refractivity contribution in [1.82, 2.24) is 29.5 Å². The van der Waals surface area contributed by atoms with Crippen molar-refractivity contribution in [3.63, 3.8) is 0 Å². The Hall–Kier alpha value is -9.44. The minimum Gasteiger partial charge on any atom is -0.480 e. The molecule has 0 spiro atoms. The molecule has 3 fully saturated rings. The van der Waals surface area contributed by atoms with E-state index in [1.807, 2.05) is 14.7 Å². The SMILES string of the molecule is COc1ccc(NS(=O)(=O)c2ccc(N3CC[C@H](N4CCc5c4ccc(F)c5Cl)C3=O)cc2)nn1.O=C1[C@@H](N2CCc3c2ccc(F)c3Cl)CCN1c1ccc(S(=O)(=O)Nc2ccncn2)cc1.O=C1[C@@H](N2CCc3c2ccc(F)c3Cl)CCN1c1ccc(S(=O)(=O)Nc2ncns2)cc1.[HH].[HH].[HH].[HH].[HH].[HH]. The third-order valence-electron chi connectivity index (χ3n) is 17.8. The van der Waals surface area contributed by atoms with E-state index in [-0.39, 0.29) is 90.8 Å². The molecule has 3 N–H and O–H groups in total. The summed E-state index contributed by atoms with van der Waals surface area (Å²) in [5, 5.41) is 8.03. The highest BCUT2D eigenvalue weighted by molar-refractivity contribution is 7.93. The van der Waals surface area contributed by atoms with Crippen LogP contribution in [0.1, 0.15) is 44.5 Å². The number of nitrogens with zero attached hydrogens (tertiary/aromatic N) is 12. The van der Waals surface area contributed by atoms with Crippen LogP contribution in [0.2, 0.25) is 15.1 Å². The first-order chi connectivity index (χ1) is 48.0. The number of fused-ring (bicyclic) bond motifs is 3. The number of amides is 3. The first-order valence-corrected chi connectivity index (χ1v) is 37.3. The summed E-state index contributed by atoms with van der Waals surface area (Å²) in [5.41, 5.74) is 6.37. The number of methoxy groups -OCH3 is 1. The summed E-state index contributed by atoms with van der Waals surface area (Å²) in [6, 6.07) is 30.5. The van der Waals surface area contributed by atoms with Crippen molar-refractivity contribution in [3.05, 3.63) is 195 Å². The lowest BCUT2D eigenvalue weighted by Crippen LogP contribution is -2.41. The molecule has 3 amide bonds. The van der Waals surface area contributed by atoms with E-state index in [2.05, 4.69) is 43.7 Å². The first kappa shape index (κ1) is 69.1. The van der Waals surface area contributed by atoms with Crippen LogP contribution in [0.3, 0.4) is 0 Å². The van der Waals surface area contributed by atoms with E-state index in [0.717, 1.165) is 45.3 Å². The Morgan fingerprint density at radius 2 is 0.860 bits per heavy atom. The fourth-order valence-electron chi connectivity index (χ4n) is 13.0. The van der Waals surface area contributed by atoms with Gasteiger partial charge in [0.1, 0.15) is 54.0 Å². The maximum absolute atomic E-state index is 13.8. The van der Waals surface area contributed by atoms with E-state index in [4.69, 9.17) is 39.5 Å². The molecule has 25 nitrogen and oxygen atoms in total. The highest BCUT2D eigenvalue weighted by Gasteiger charge is 2.43. The van der Waals surface area contributed by atoms with E-state index in [1.165, 1.54) is 98.8 Å². The number of hydrogen-bond donors (Lipinski definition) is 3. The molecule has 3 atom stereocenters. The molecule has 35 heteroatoms. The van der Waals surface area contributed by atoms with Gasteiger partial charge >= 0.3 is 0 Å². The number of hydrogen-bond acceptors (Lipinski definition) is 20. The highest BCUT2D eigenvalue weighted by atomic mass is 35.5. The van der Waals surface area contributed by atoms with Gasteiger partial charge in [-0.25, -0.2) is 53.4 Å². The third-order valence-corrected chi connectivity index (χ3v) is 23.8. The van der Waals surface area contributed by atoms with E-state index in [1.54, 1.807) is 69.3 Å². The predicted octanol–water partition coefficient (Wildman–Crippen LogP) is 11.3. The molecule has 3 saturated heterocycles. The Bertz CT molecular complexity index is 5010. The summed E-state index contributed by atoms with van der Waals surface area (Å²) < 4.78 is 133. The van der Waals surface area contributed by atoms with Gasteiger partial charge in [-0.1, -0.05) is 34.8 Å². The van der Waals surface area contributed by atoms with Crippen LogP contribution in [0.15, 0.2) is 161 Å². The van der Waals surface area contributed by atoms with Crippen molar-refractivity contribution in [2.24, 2.45) is 0 Å². The number of carbonyl (C=O) groups excluding carboxylic acids is 3. The van der Waals surface area contributed by atoms with Crippen molar-refractivity contribution < 1.29 is 66.1 Å². The van der Waals surface area contributed by atoms with Crippen molar-refractivity contribution in [2.75, 3.05) is 89.9 Å². The smallest absolute Gasteiger partial charge is 0.263 e. The standard InChI is InChI=1S/C23H21ClFN5O4S.C22H19ClFN5O3S.C20H17ClFN5O3S2.6H2/c1-34-21-9-8-20(26-27-21)28-35(32,33)15-4-2-14(3-5-15)29-13-11-19(23(29)31)30-12-10-16-18(30)7-6-17(25)22(16)24;23-21-16-8-11-29(18(16)6-5-17(21)24)19-9-12-28(22(19)30)14-1-3-15(4-2-14)33(31,32)27-20-7-10-25-13-26-20;21-18-14-7-9-27(16(14)6-5-15(18)22)17-8-10-26(19(17)28)12-1-3-13(4-2-12)32(29,30)25-20-23-11-24-31-20;;;;;;/h2-9,19H,10-13H2,1H3,(H,26,28);1-7,10,13,19H,8-9,11-12H2,(H,25,26,27);1-6,11,17H,7-10H2,(H,23,24,25);6*1H/t2*19-;17-;;;;;;/m000....../s1. The third kappa shape index (κ3) is 13.8. The Balaban J connectivity index is 0.000000216. The fourth-order valence-corrected chi connectivity index (χ4v) is 17.4. The monoisotopic (exact) mass is 1510 g/mol. The van der Waals surface area contributed by atoms with Crippen LogP contribution in [0.25, 0.3) is 0 Å². The second-order valence-corrected chi connectivity index (χ2v) is 30.4. The van der Waals surface area contributed by atoms with Crippen LogP contribution in [0, 0.1) is 17.5 Å². The van der Waals surface area contributed by atoms with Gasteiger partial charge in [0.15, 0.2) is 5.82 Å². The summed E-state index contributed by atoms with van der Waals surface area (Å²) in [7, 11) is -10.1. The Morgan fingerprint density at radius 1 is 0.470 bits per heavy atom. The quantitative estimate of drug-likeness (QED) is 0.0810. The number of anilines is 9. The van der Waals surface area contributed by atoms with Crippen LogP contribution < -0.4 is 48.3 Å². The number of sulfonamides is 3. The zero-order chi connectivity index (χ0) is 70.4. The van der Waals surface area contributed by atoms with Gasteiger partial charge in [0.05, 0.1) is 36.9 Å². The molecule has 9 heterocycles. The Morgan fingerprint density at radius 3 is 1.20 bits per heavy atom. The summed E-state index contributed by atoms with van der Waals surface area (Å²) in [4.78, 5) is 62.1. The van der Waals surface area contributed by atoms with E-state index in [0.29, 0.717) is 94.9 Å². The van der Waals surface area contributed by atoms with E-state index >= 15 is 0 Å². The molecule has 15 rings (SSSR count). The van der Waals surface area contributed by atoms with Crippen LogP contribution in [-0.2, 0) is 63.7 Å². The van der Waals surface area contributed by atoms with Crippen LogP contribution in [-0.4, -0.2) is 137 Å². The minimum absolute atomic E-state index is 0. The molecule has 530 valence electrons. The molecule has 6 aliphatic rings. The average molecular weight is 1510 g/mol. The fraction of sp³-hybridized carbons (Fsp3) is 0.246. The van der Waals surface area contributed by atoms with E-state index < -0.39 is 53.6 Å². The van der Waals surface area contributed by atoms with Gasteiger partial charge in [-0.2, -0.15) is 4.37 Å². The number of aromatic nitrogens is 6. The first-order valence-electron chi connectivity index (χ1n) is 30.9. The van der Waals surface area contributed by atoms with Gasteiger partial charge in [-0.3, -0.25) is 28.5 Å². The van der Waals surface area contributed by atoms with Crippen LogP contribution >= 0.6 is 46.3 Å². The number of carbonyl (C=O) groups is 3.